The third kappa shape index (κ3) is 2.39. The highest BCUT2D eigenvalue weighted by molar-refractivity contribution is 7.18. The maximum absolute atomic E-state index is 12.0. The zero-order valence-electron chi connectivity index (χ0n) is 11.1. The largest absolute Gasteiger partial charge is 0.319 e. The number of aromatic nitrogens is 4. The van der Waals surface area contributed by atoms with Gasteiger partial charge in [0.25, 0.3) is 5.91 Å². The molecule has 0 atom stereocenters. The van der Waals surface area contributed by atoms with Gasteiger partial charge in [-0.1, -0.05) is 6.92 Å². The van der Waals surface area contributed by atoms with E-state index in [0.717, 1.165) is 15.2 Å². The van der Waals surface area contributed by atoms with Gasteiger partial charge >= 0.3 is 0 Å². The Morgan fingerprint density at radius 1 is 1.40 bits per heavy atom. The lowest BCUT2D eigenvalue weighted by Crippen LogP contribution is -2.13. The van der Waals surface area contributed by atoms with Gasteiger partial charge in [0.2, 0.25) is 5.82 Å². The van der Waals surface area contributed by atoms with Gasteiger partial charge in [0.1, 0.15) is 5.82 Å². The smallest absolute Gasteiger partial charge is 0.295 e. The van der Waals surface area contributed by atoms with Gasteiger partial charge in [-0.05, 0) is 25.1 Å². The monoisotopic (exact) mass is 287 g/mol. The first kappa shape index (κ1) is 12.7. The second-order valence-electron chi connectivity index (χ2n) is 4.33. The van der Waals surface area contributed by atoms with Crippen LogP contribution in [0.15, 0.2) is 18.2 Å². The molecule has 20 heavy (non-hydrogen) atoms. The Balaban J connectivity index is 1.82. The molecule has 2 N–H and O–H groups in total. The highest BCUT2D eigenvalue weighted by atomic mass is 32.1. The van der Waals surface area contributed by atoms with Crippen molar-refractivity contribution in [3.8, 4) is 0 Å². The van der Waals surface area contributed by atoms with E-state index in [9.17, 15) is 4.79 Å². The molecule has 0 aliphatic rings. The number of aromatic amines is 1. The Bertz CT molecular complexity index is 776. The van der Waals surface area contributed by atoms with E-state index in [-0.39, 0.29) is 11.7 Å². The summed E-state index contributed by atoms with van der Waals surface area (Å²) in [5, 5.41) is 10.4. The molecule has 0 saturated heterocycles. The van der Waals surface area contributed by atoms with Crippen LogP contribution in [-0.4, -0.2) is 26.1 Å². The van der Waals surface area contributed by atoms with Crippen molar-refractivity contribution < 1.29 is 4.79 Å². The van der Waals surface area contributed by atoms with Crippen LogP contribution in [-0.2, 0) is 6.42 Å². The molecule has 0 bridgehead atoms. The maximum atomic E-state index is 12.0. The molecule has 0 saturated carbocycles. The fourth-order valence-electron chi connectivity index (χ4n) is 1.86. The van der Waals surface area contributed by atoms with Crippen LogP contribution >= 0.6 is 11.3 Å². The zero-order chi connectivity index (χ0) is 14.1. The number of amides is 1. The van der Waals surface area contributed by atoms with Crippen molar-refractivity contribution in [2.24, 2.45) is 0 Å². The average molecular weight is 287 g/mol. The van der Waals surface area contributed by atoms with Gasteiger partial charge in [0.05, 0.1) is 15.2 Å². The molecule has 2 aromatic heterocycles. The number of hydrogen-bond acceptors (Lipinski definition) is 5. The number of fused-ring (bicyclic) bond motifs is 1. The Labute approximate surface area is 119 Å². The third-order valence-corrected chi connectivity index (χ3v) is 3.76. The van der Waals surface area contributed by atoms with Gasteiger partial charge in [-0.15, -0.1) is 16.4 Å². The lowest BCUT2D eigenvalue weighted by Gasteiger charge is -2.01. The number of rotatable bonds is 3. The first-order valence-electron chi connectivity index (χ1n) is 6.25. The van der Waals surface area contributed by atoms with Gasteiger partial charge in [-0.25, -0.2) is 9.97 Å². The molecule has 1 aromatic carbocycles. The standard InChI is InChI=1S/C13H13N5OS/c1-3-11-16-12(18-17-11)13(19)15-8-4-5-9-10(6-8)20-7(2)14-9/h4-6H,3H2,1-2H3,(H,15,19)(H,16,17,18). The Kier molecular flexibility index (Phi) is 3.19. The molecule has 102 valence electrons. The van der Waals surface area contributed by atoms with Crippen LogP contribution in [0.25, 0.3) is 10.2 Å². The second kappa shape index (κ2) is 5.01. The van der Waals surface area contributed by atoms with Gasteiger partial charge in [-0.2, -0.15) is 0 Å². The van der Waals surface area contributed by atoms with Crippen molar-refractivity contribution in [1.82, 2.24) is 20.2 Å². The number of H-pyrrole nitrogens is 1. The number of carbonyl (C=O) groups excluding carboxylic acids is 1. The van der Waals surface area contributed by atoms with E-state index in [0.29, 0.717) is 17.9 Å². The summed E-state index contributed by atoms with van der Waals surface area (Å²) in [6.07, 6.45) is 0.715. The summed E-state index contributed by atoms with van der Waals surface area (Å²) >= 11 is 1.60. The summed E-state index contributed by atoms with van der Waals surface area (Å²) in [7, 11) is 0. The SMILES string of the molecule is CCc1nc(C(=O)Nc2ccc3nc(C)sc3c2)n[nH]1. The van der Waals surface area contributed by atoms with Gasteiger partial charge < -0.3 is 5.32 Å². The number of thiazole rings is 1. The van der Waals surface area contributed by atoms with Crippen molar-refractivity contribution in [2.75, 3.05) is 5.32 Å². The van der Waals surface area contributed by atoms with Crippen LogP contribution < -0.4 is 5.32 Å². The first-order valence-corrected chi connectivity index (χ1v) is 7.07. The summed E-state index contributed by atoms with van der Waals surface area (Å²) < 4.78 is 1.05. The van der Waals surface area contributed by atoms with Gasteiger partial charge in [-0.3, -0.25) is 9.89 Å². The molecule has 3 rings (SSSR count). The maximum Gasteiger partial charge on any atom is 0.295 e. The molecule has 3 aromatic rings. The van der Waals surface area contributed by atoms with E-state index >= 15 is 0 Å². The molecular weight excluding hydrogens is 274 g/mol. The Morgan fingerprint density at radius 3 is 3.00 bits per heavy atom. The van der Waals surface area contributed by atoms with E-state index in [2.05, 4.69) is 25.5 Å². The highest BCUT2D eigenvalue weighted by Gasteiger charge is 2.12. The minimum Gasteiger partial charge on any atom is -0.319 e. The number of nitrogens with one attached hydrogen (secondary N) is 2. The quantitative estimate of drug-likeness (QED) is 0.775. The Morgan fingerprint density at radius 2 is 2.25 bits per heavy atom. The van der Waals surface area contributed by atoms with E-state index in [1.165, 1.54) is 0 Å². The second-order valence-corrected chi connectivity index (χ2v) is 5.56. The van der Waals surface area contributed by atoms with Crippen molar-refractivity contribution in [3.05, 3.63) is 34.9 Å². The molecule has 0 aliphatic heterocycles. The lowest BCUT2D eigenvalue weighted by molar-refractivity contribution is 0.101. The topological polar surface area (TPSA) is 83.6 Å². The average Bonchev–Trinajstić information content (AvgIpc) is 3.03. The normalized spacial score (nSPS) is 10.9. The number of nitrogens with zero attached hydrogens (tertiary/aromatic N) is 3. The first-order chi connectivity index (χ1) is 9.65. The summed E-state index contributed by atoms with van der Waals surface area (Å²) in [4.78, 5) is 20.5. The number of benzene rings is 1. The minimum atomic E-state index is -0.318. The molecule has 0 fully saturated rings. The predicted molar refractivity (Wildman–Crippen MR) is 78.1 cm³/mol. The van der Waals surface area contributed by atoms with Crippen molar-refractivity contribution in [1.29, 1.82) is 0 Å². The van der Waals surface area contributed by atoms with E-state index in [4.69, 9.17) is 0 Å². The molecule has 2 heterocycles. The molecule has 0 unspecified atom stereocenters. The van der Waals surface area contributed by atoms with Crippen molar-refractivity contribution in [2.45, 2.75) is 20.3 Å². The Hall–Kier alpha value is -2.28. The molecule has 7 heteroatoms. The molecule has 1 amide bonds. The predicted octanol–water partition coefficient (Wildman–Crippen LogP) is 2.54. The van der Waals surface area contributed by atoms with E-state index in [1.54, 1.807) is 11.3 Å². The van der Waals surface area contributed by atoms with Crippen molar-refractivity contribution >= 4 is 33.1 Å². The summed E-state index contributed by atoms with van der Waals surface area (Å²) in [6, 6.07) is 5.63. The number of hydrogen-bond donors (Lipinski definition) is 2. The molecule has 6 nitrogen and oxygen atoms in total. The van der Waals surface area contributed by atoms with Crippen LogP contribution in [0, 0.1) is 6.92 Å². The summed E-state index contributed by atoms with van der Waals surface area (Å²) in [5.41, 5.74) is 1.66. The molecule has 0 aliphatic carbocycles. The molecule has 0 spiro atoms. The van der Waals surface area contributed by atoms with Crippen LogP contribution in [0.3, 0.4) is 0 Å². The van der Waals surface area contributed by atoms with Crippen LogP contribution in [0.5, 0.6) is 0 Å². The fraction of sp³-hybridized carbons (Fsp3) is 0.231. The van der Waals surface area contributed by atoms with Crippen LogP contribution in [0.2, 0.25) is 0 Å². The summed E-state index contributed by atoms with van der Waals surface area (Å²) in [6.45, 7) is 3.91. The highest BCUT2D eigenvalue weighted by Crippen LogP contribution is 2.24. The third-order valence-electron chi connectivity index (χ3n) is 2.82. The lowest BCUT2D eigenvalue weighted by atomic mass is 10.3. The minimum absolute atomic E-state index is 0.155. The van der Waals surface area contributed by atoms with Gasteiger partial charge in [0, 0.05) is 12.1 Å². The molecule has 0 radical (unpaired) electrons. The summed E-state index contributed by atoms with van der Waals surface area (Å²) in [5.74, 6) is 0.535. The van der Waals surface area contributed by atoms with Crippen LogP contribution in [0.1, 0.15) is 28.4 Å². The van der Waals surface area contributed by atoms with E-state index in [1.807, 2.05) is 32.0 Å². The van der Waals surface area contributed by atoms with Crippen LogP contribution in [0.4, 0.5) is 5.69 Å². The van der Waals surface area contributed by atoms with E-state index < -0.39 is 0 Å². The number of aryl methyl sites for hydroxylation is 2. The zero-order valence-corrected chi connectivity index (χ0v) is 11.9. The molecular formula is C13H13N5OS. The number of anilines is 1. The van der Waals surface area contributed by atoms with Crippen molar-refractivity contribution in [3.63, 3.8) is 0 Å². The fourth-order valence-corrected chi connectivity index (χ4v) is 2.73. The van der Waals surface area contributed by atoms with Gasteiger partial charge in [0.15, 0.2) is 0 Å². The number of carbonyl (C=O) groups is 1.